The average molecular weight is 693 g/mol. The van der Waals surface area contributed by atoms with Gasteiger partial charge in [-0.15, -0.1) is 0 Å². The standard InChI is InChI=1S/C38H30F6N2O4/c1-3-49-35(47)31-21-34(46-30-19-11-26(12-20-30)24-7-15-28(16-8-24)38(42,43)44)32(36(48)50-4-2)22-33(31)45-29-17-9-25(10-18-29)23-5-13-27(14-6-23)37(39,40)41/h5-22,45-46H,3-4H2,1-2H3. The van der Waals surface area contributed by atoms with Crippen LogP contribution in [0, 0.1) is 0 Å². The average Bonchev–Trinajstić information content (AvgIpc) is 3.09. The highest BCUT2D eigenvalue weighted by Crippen LogP contribution is 2.35. The van der Waals surface area contributed by atoms with Crippen LogP contribution >= 0.6 is 0 Å². The van der Waals surface area contributed by atoms with E-state index < -0.39 is 35.4 Å². The number of hydrogen-bond acceptors (Lipinski definition) is 6. The van der Waals surface area contributed by atoms with Gasteiger partial charge in [-0.1, -0.05) is 48.5 Å². The summed E-state index contributed by atoms with van der Waals surface area (Å²) in [5.74, 6) is -1.35. The van der Waals surface area contributed by atoms with Gasteiger partial charge in [0.1, 0.15) is 0 Å². The van der Waals surface area contributed by atoms with E-state index in [1.165, 1.54) is 36.4 Å². The maximum atomic E-state index is 13.1. The van der Waals surface area contributed by atoms with Crippen LogP contribution in [0.4, 0.5) is 49.1 Å². The molecule has 0 spiro atoms. The van der Waals surface area contributed by atoms with Gasteiger partial charge in [-0.2, -0.15) is 26.3 Å². The summed E-state index contributed by atoms with van der Waals surface area (Å²) in [4.78, 5) is 26.3. The van der Waals surface area contributed by atoms with Crippen molar-refractivity contribution in [2.24, 2.45) is 0 Å². The molecule has 0 fully saturated rings. The van der Waals surface area contributed by atoms with E-state index in [4.69, 9.17) is 9.47 Å². The summed E-state index contributed by atoms with van der Waals surface area (Å²) < 4.78 is 88.5. The van der Waals surface area contributed by atoms with Crippen molar-refractivity contribution in [1.82, 2.24) is 0 Å². The monoisotopic (exact) mass is 692 g/mol. The van der Waals surface area contributed by atoms with E-state index in [-0.39, 0.29) is 35.7 Å². The van der Waals surface area contributed by atoms with Gasteiger partial charge in [0, 0.05) is 11.4 Å². The van der Waals surface area contributed by atoms with Gasteiger partial charge in [-0.3, -0.25) is 0 Å². The first kappa shape index (κ1) is 35.5. The summed E-state index contributed by atoms with van der Waals surface area (Å²) in [6.45, 7) is 3.45. The van der Waals surface area contributed by atoms with Gasteiger partial charge >= 0.3 is 24.3 Å². The second kappa shape index (κ2) is 14.8. The van der Waals surface area contributed by atoms with Crippen molar-refractivity contribution in [3.05, 3.63) is 131 Å². The second-order valence-corrected chi connectivity index (χ2v) is 10.9. The summed E-state index contributed by atoms with van der Waals surface area (Å²) in [6, 6.07) is 26.0. The minimum atomic E-state index is -4.45. The molecule has 258 valence electrons. The van der Waals surface area contributed by atoms with Crippen molar-refractivity contribution in [3.63, 3.8) is 0 Å². The molecule has 0 saturated carbocycles. The molecule has 0 aliphatic rings. The summed E-state index contributed by atoms with van der Waals surface area (Å²) in [7, 11) is 0. The highest BCUT2D eigenvalue weighted by atomic mass is 19.4. The van der Waals surface area contributed by atoms with E-state index in [2.05, 4.69) is 10.6 Å². The predicted octanol–water partition coefficient (Wildman–Crippen LogP) is 10.9. The lowest BCUT2D eigenvalue weighted by atomic mass is 10.0. The van der Waals surface area contributed by atoms with Crippen molar-refractivity contribution < 1.29 is 45.4 Å². The Morgan fingerprint density at radius 2 is 0.780 bits per heavy atom. The first-order valence-corrected chi connectivity index (χ1v) is 15.4. The molecule has 0 radical (unpaired) electrons. The molecule has 5 aromatic carbocycles. The highest BCUT2D eigenvalue weighted by Gasteiger charge is 2.31. The fourth-order valence-electron chi connectivity index (χ4n) is 5.07. The fraction of sp³-hybridized carbons (Fsp3) is 0.158. The molecule has 0 amide bonds. The first-order chi connectivity index (χ1) is 23.8. The molecule has 50 heavy (non-hydrogen) atoms. The van der Waals surface area contributed by atoms with Gasteiger partial charge in [-0.05, 0) is 96.8 Å². The van der Waals surface area contributed by atoms with Gasteiger partial charge in [0.05, 0.1) is 46.8 Å². The van der Waals surface area contributed by atoms with Gasteiger partial charge < -0.3 is 20.1 Å². The molecule has 12 heteroatoms. The number of carbonyl (C=O) groups excluding carboxylic acids is 2. The fourth-order valence-corrected chi connectivity index (χ4v) is 5.07. The van der Waals surface area contributed by atoms with Crippen molar-refractivity contribution in [1.29, 1.82) is 0 Å². The van der Waals surface area contributed by atoms with E-state index in [0.717, 1.165) is 24.3 Å². The summed E-state index contributed by atoms with van der Waals surface area (Å²) in [6.07, 6.45) is -8.89. The lowest BCUT2D eigenvalue weighted by molar-refractivity contribution is -0.138. The summed E-state index contributed by atoms with van der Waals surface area (Å²) in [5, 5.41) is 6.26. The molecular formula is C38H30F6N2O4. The topological polar surface area (TPSA) is 76.7 Å². The van der Waals surface area contributed by atoms with Crippen molar-refractivity contribution >= 4 is 34.7 Å². The number of rotatable bonds is 10. The Bertz CT molecular complexity index is 1810. The number of anilines is 4. The molecule has 0 aromatic heterocycles. The molecule has 0 unspecified atom stereocenters. The van der Waals surface area contributed by atoms with Crippen LogP contribution in [0.25, 0.3) is 22.3 Å². The van der Waals surface area contributed by atoms with Gasteiger partial charge in [-0.25, -0.2) is 9.59 Å². The van der Waals surface area contributed by atoms with Crippen LogP contribution in [-0.2, 0) is 21.8 Å². The number of nitrogens with one attached hydrogen (secondary N) is 2. The number of ether oxygens (including phenoxy) is 2. The first-order valence-electron chi connectivity index (χ1n) is 15.4. The van der Waals surface area contributed by atoms with Crippen molar-refractivity contribution in [2.75, 3.05) is 23.8 Å². The van der Waals surface area contributed by atoms with Gasteiger partial charge in [0.15, 0.2) is 0 Å². The summed E-state index contributed by atoms with van der Waals surface area (Å²) in [5.41, 5.74) is 2.64. The van der Waals surface area contributed by atoms with E-state index in [1.54, 1.807) is 62.4 Å². The van der Waals surface area contributed by atoms with E-state index >= 15 is 0 Å². The molecular weight excluding hydrogens is 662 g/mol. The molecule has 0 saturated heterocycles. The maximum absolute atomic E-state index is 13.1. The van der Waals surface area contributed by atoms with Crippen LogP contribution in [0.3, 0.4) is 0 Å². The van der Waals surface area contributed by atoms with E-state index in [1.807, 2.05) is 0 Å². The zero-order chi connectivity index (χ0) is 36.1. The number of alkyl halides is 6. The molecule has 5 aromatic rings. The normalized spacial score (nSPS) is 11.5. The Hall–Kier alpha value is -5.78. The quantitative estimate of drug-likeness (QED) is 0.112. The Labute approximate surface area is 283 Å². The van der Waals surface area contributed by atoms with Crippen LogP contribution in [0.2, 0.25) is 0 Å². The van der Waals surface area contributed by atoms with Crippen LogP contribution in [0.5, 0.6) is 0 Å². The summed E-state index contributed by atoms with van der Waals surface area (Å²) >= 11 is 0. The minimum absolute atomic E-state index is 0.0773. The van der Waals surface area contributed by atoms with E-state index in [9.17, 15) is 35.9 Å². The molecule has 2 N–H and O–H groups in total. The maximum Gasteiger partial charge on any atom is 0.416 e. The minimum Gasteiger partial charge on any atom is -0.462 e. The second-order valence-electron chi connectivity index (χ2n) is 10.9. The Morgan fingerprint density at radius 1 is 0.500 bits per heavy atom. The number of benzene rings is 5. The van der Waals surface area contributed by atoms with Crippen molar-refractivity contribution in [2.45, 2.75) is 26.2 Å². The lowest BCUT2D eigenvalue weighted by Gasteiger charge is -2.18. The molecule has 0 atom stereocenters. The molecule has 5 rings (SSSR count). The zero-order valence-electron chi connectivity index (χ0n) is 26.7. The third-order valence-corrected chi connectivity index (χ3v) is 7.57. The number of carbonyl (C=O) groups is 2. The lowest BCUT2D eigenvalue weighted by Crippen LogP contribution is -2.13. The van der Waals surface area contributed by atoms with Gasteiger partial charge in [0.2, 0.25) is 0 Å². The Balaban J connectivity index is 1.44. The molecule has 6 nitrogen and oxygen atoms in total. The van der Waals surface area contributed by atoms with Crippen LogP contribution in [-0.4, -0.2) is 25.2 Å². The predicted molar refractivity (Wildman–Crippen MR) is 179 cm³/mol. The zero-order valence-corrected chi connectivity index (χ0v) is 26.7. The van der Waals surface area contributed by atoms with Crippen LogP contribution in [0.15, 0.2) is 109 Å². The number of esters is 2. The highest BCUT2D eigenvalue weighted by molar-refractivity contribution is 6.04. The Morgan fingerprint density at radius 3 is 1.04 bits per heavy atom. The van der Waals surface area contributed by atoms with Gasteiger partial charge in [0.25, 0.3) is 0 Å². The molecule has 0 heterocycles. The molecule has 0 aliphatic heterocycles. The third kappa shape index (κ3) is 8.43. The largest absolute Gasteiger partial charge is 0.462 e. The van der Waals surface area contributed by atoms with Crippen LogP contribution < -0.4 is 10.6 Å². The van der Waals surface area contributed by atoms with Crippen molar-refractivity contribution in [3.8, 4) is 22.3 Å². The van der Waals surface area contributed by atoms with E-state index in [0.29, 0.717) is 33.6 Å². The Kier molecular flexibility index (Phi) is 10.5. The van der Waals surface area contributed by atoms with Crippen LogP contribution in [0.1, 0.15) is 45.7 Å². The SMILES string of the molecule is CCOC(=O)c1cc(Nc2ccc(-c3ccc(C(F)(F)F)cc3)cc2)c(C(=O)OCC)cc1Nc1ccc(-c2ccc(C(F)(F)F)cc2)cc1. The third-order valence-electron chi connectivity index (χ3n) is 7.57. The number of hydrogen-bond donors (Lipinski definition) is 2. The smallest absolute Gasteiger partial charge is 0.416 e. The molecule has 0 bridgehead atoms. The molecule has 0 aliphatic carbocycles. The number of halogens is 6.